The third-order valence-electron chi connectivity index (χ3n) is 3.45. The van der Waals surface area contributed by atoms with Crippen LogP contribution in [0.1, 0.15) is 0 Å². The number of aromatic nitrogens is 3. The van der Waals surface area contributed by atoms with Crippen molar-refractivity contribution in [1.29, 1.82) is 0 Å². The lowest BCUT2D eigenvalue weighted by Crippen LogP contribution is -1.98. The van der Waals surface area contributed by atoms with Crippen molar-refractivity contribution in [3.8, 4) is 5.69 Å². The molecule has 0 spiro atoms. The number of hydrogen-bond donors (Lipinski definition) is 1. The van der Waals surface area contributed by atoms with Crippen LogP contribution in [0.3, 0.4) is 0 Å². The Bertz CT molecular complexity index is 919. The molecule has 4 nitrogen and oxygen atoms in total. The highest BCUT2D eigenvalue weighted by molar-refractivity contribution is 5.90. The summed E-state index contributed by atoms with van der Waals surface area (Å²) in [5.41, 5.74) is 9.59. The zero-order valence-electron chi connectivity index (χ0n) is 10.7. The standard InChI is InChI=1S/C16H12N4/c17-12-6-5-11-10-19-20(16(11)9-12)15-7-8-18-14-4-2-1-3-13(14)15/h1-10H,17H2. The highest BCUT2D eigenvalue weighted by Crippen LogP contribution is 2.25. The average Bonchev–Trinajstić information content (AvgIpc) is 2.89. The molecule has 0 fully saturated rings. The van der Waals surface area contributed by atoms with Gasteiger partial charge in [0.2, 0.25) is 0 Å². The molecule has 0 aliphatic rings. The Morgan fingerprint density at radius 2 is 1.90 bits per heavy atom. The zero-order valence-corrected chi connectivity index (χ0v) is 10.7. The van der Waals surface area contributed by atoms with Gasteiger partial charge in [0.25, 0.3) is 0 Å². The van der Waals surface area contributed by atoms with Gasteiger partial charge >= 0.3 is 0 Å². The number of anilines is 1. The second kappa shape index (κ2) is 4.06. The summed E-state index contributed by atoms with van der Waals surface area (Å²) in [4.78, 5) is 4.38. The van der Waals surface area contributed by atoms with Gasteiger partial charge in [-0.1, -0.05) is 18.2 Å². The number of para-hydroxylation sites is 1. The molecular formula is C16H12N4. The molecule has 0 radical (unpaired) electrons. The van der Waals surface area contributed by atoms with Gasteiger partial charge in [-0.3, -0.25) is 4.98 Å². The van der Waals surface area contributed by atoms with Crippen molar-refractivity contribution >= 4 is 27.5 Å². The number of pyridine rings is 1. The maximum atomic E-state index is 5.89. The van der Waals surface area contributed by atoms with Crippen molar-refractivity contribution in [2.24, 2.45) is 0 Å². The van der Waals surface area contributed by atoms with Crippen LogP contribution in [-0.2, 0) is 0 Å². The summed E-state index contributed by atoms with van der Waals surface area (Å²) in [7, 11) is 0. The van der Waals surface area contributed by atoms with Crippen LogP contribution in [0.4, 0.5) is 5.69 Å². The lowest BCUT2D eigenvalue weighted by atomic mass is 10.2. The molecule has 20 heavy (non-hydrogen) atoms. The van der Waals surface area contributed by atoms with Crippen molar-refractivity contribution in [2.75, 3.05) is 5.73 Å². The van der Waals surface area contributed by atoms with Crippen LogP contribution < -0.4 is 5.73 Å². The Labute approximate surface area is 115 Å². The number of hydrogen-bond acceptors (Lipinski definition) is 3. The Hall–Kier alpha value is -2.88. The van der Waals surface area contributed by atoms with Crippen molar-refractivity contribution < 1.29 is 0 Å². The van der Waals surface area contributed by atoms with Gasteiger partial charge in [0.05, 0.1) is 22.9 Å². The van der Waals surface area contributed by atoms with Gasteiger partial charge in [-0.2, -0.15) is 5.10 Å². The fraction of sp³-hybridized carbons (Fsp3) is 0. The number of nitrogen functional groups attached to an aromatic ring is 1. The summed E-state index contributed by atoms with van der Waals surface area (Å²) in [6.07, 6.45) is 3.65. The predicted molar refractivity (Wildman–Crippen MR) is 80.8 cm³/mol. The van der Waals surface area contributed by atoms with Crippen LogP contribution >= 0.6 is 0 Å². The maximum Gasteiger partial charge on any atom is 0.0762 e. The van der Waals surface area contributed by atoms with Crippen LogP contribution in [0, 0.1) is 0 Å². The second-order valence-corrected chi connectivity index (χ2v) is 4.72. The summed E-state index contributed by atoms with van der Waals surface area (Å²) in [5.74, 6) is 0. The van der Waals surface area contributed by atoms with Gasteiger partial charge in [0.15, 0.2) is 0 Å². The first-order chi connectivity index (χ1) is 9.83. The minimum atomic E-state index is 0.734. The van der Waals surface area contributed by atoms with Gasteiger partial charge in [-0.25, -0.2) is 4.68 Å². The van der Waals surface area contributed by atoms with E-state index in [-0.39, 0.29) is 0 Å². The summed E-state index contributed by atoms with van der Waals surface area (Å²) >= 11 is 0. The second-order valence-electron chi connectivity index (χ2n) is 4.72. The van der Waals surface area contributed by atoms with Crippen LogP contribution in [0.5, 0.6) is 0 Å². The molecule has 0 aliphatic heterocycles. The molecule has 4 heteroatoms. The normalized spacial score (nSPS) is 11.2. The number of rotatable bonds is 1. The van der Waals surface area contributed by atoms with Crippen molar-refractivity contribution in [3.63, 3.8) is 0 Å². The Morgan fingerprint density at radius 3 is 2.85 bits per heavy atom. The molecule has 0 aliphatic carbocycles. The van der Waals surface area contributed by atoms with Crippen LogP contribution in [0.15, 0.2) is 60.9 Å². The fourth-order valence-electron chi connectivity index (χ4n) is 2.49. The zero-order chi connectivity index (χ0) is 13.5. The van der Waals surface area contributed by atoms with Crippen LogP contribution in [0.2, 0.25) is 0 Å². The van der Waals surface area contributed by atoms with Crippen molar-refractivity contribution in [3.05, 3.63) is 60.9 Å². The van der Waals surface area contributed by atoms with Crippen molar-refractivity contribution in [2.45, 2.75) is 0 Å². The van der Waals surface area contributed by atoms with E-state index in [2.05, 4.69) is 16.1 Å². The molecule has 4 aromatic rings. The topological polar surface area (TPSA) is 56.7 Å². The molecule has 0 amide bonds. The molecule has 2 N–H and O–H groups in total. The minimum Gasteiger partial charge on any atom is -0.399 e. The van der Waals surface area contributed by atoms with E-state index >= 15 is 0 Å². The first-order valence-electron chi connectivity index (χ1n) is 6.40. The Balaban J connectivity index is 2.09. The largest absolute Gasteiger partial charge is 0.399 e. The van der Waals surface area contributed by atoms with E-state index in [4.69, 9.17) is 5.73 Å². The molecule has 0 bridgehead atoms. The van der Waals surface area contributed by atoms with Crippen LogP contribution in [0.25, 0.3) is 27.5 Å². The van der Waals surface area contributed by atoms with Crippen molar-refractivity contribution in [1.82, 2.24) is 14.8 Å². The summed E-state index contributed by atoms with van der Waals surface area (Å²) in [5, 5.41) is 6.63. The lowest BCUT2D eigenvalue weighted by Gasteiger charge is -2.07. The SMILES string of the molecule is Nc1ccc2cnn(-c3ccnc4ccccc34)c2c1. The first-order valence-corrected chi connectivity index (χ1v) is 6.40. The molecule has 0 saturated carbocycles. The monoisotopic (exact) mass is 260 g/mol. The molecule has 2 heterocycles. The fourth-order valence-corrected chi connectivity index (χ4v) is 2.49. The number of fused-ring (bicyclic) bond motifs is 2. The molecule has 0 unspecified atom stereocenters. The molecule has 2 aromatic heterocycles. The minimum absolute atomic E-state index is 0.734. The number of benzene rings is 2. The lowest BCUT2D eigenvalue weighted by molar-refractivity contribution is 0.916. The van der Waals surface area contributed by atoms with Gasteiger partial charge in [-0.05, 0) is 30.3 Å². The summed E-state index contributed by atoms with van der Waals surface area (Å²) < 4.78 is 1.91. The Kier molecular flexibility index (Phi) is 2.23. The molecule has 2 aromatic carbocycles. The van der Waals surface area contributed by atoms with Gasteiger partial charge in [0, 0.05) is 22.7 Å². The number of nitrogens with zero attached hydrogens (tertiary/aromatic N) is 3. The molecule has 4 rings (SSSR count). The van der Waals surface area contributed by atoms with E-state index in [1.54, 1.807) is 6.20 Å². The summed E-state index contributed by atoms with van der Waals surface area (Å²) in [6.45, 7) is 0. The third-order valence-corrected chi connectivity index (χ3v) is 3.45. The van der Waals surface area contributed by atoms with Gasteiger partial charge in [-0.15, -0.1) is 0 Å². The predicted octanol–water partition coefficient (Wildman–Crippen LogP) is 3.16. The first kappa shape index (κ1) is 11.0. The van der Waals surface area contributed by atoms with Crippen LogP contribution in [-0.4, -0.2) is 14.8 Å². The van der Waals surface area contributed by atoms with E-state index in [1.807, 2.05) is 53.3 Å². The van der Waals surface area contributed by atoms with E-state index in [9.17, 15) is 0 Å². The highest BCUT2D eigenvalue weighted by Gasteiger charge is 2.08. The molecular weight excluding hydrogens is 248 g/mol. The van der Waals surface area contributed by atoms with Gasteiger partial charge < -0.3 is 5.73 Å². The summed E-state index contributed by atoms with van der Waals surface area (Å²) in [6, 6.07) is 15.8. The highest BCUT2D eigenvalue weighted by atomic mass is 15.3. The van der Waals surface area contributed by atoms with E-state index < -0.39 is 0 Å². The average molecular weight is 260 g/mol. The number of nitrogens with two attached hydrogens (primary N) is 1. The molecule has 0 atom stereocenters. The van der Waals surface area contributed by atoms with E-state index in [1.165, 1.54) is 0 Å². The van der Waals surface area contributed by atoms with E-state index in [0.717, 1.165) is 33.2 Å². The van der Waals surface area contributed by atoms with Gasteiger partial charge in [0.1, 0.15) is 0 Å². The smallest absolute Gasteiger partial charge is 0.0762 e. The molecule has 0 saturated heterocycles. The quantitative estimate of drug-likeness (QED) is 0.535. The third kappa shape index (κ3) is 1.55. The maximum absolute atomic E-state index is 5.89. The Morgan fingerprint density at radius 1 is 1.00 bits per heavy atom. The van der Waals surface area contributed by atoms with E-state index in [0.29, 0.717) is 0 Å². The molecule has 96 valence electrons.